The van der Waals surface area contributed by atoms with Crippen LogP contribution in [0.5, 0.6) is 0 Å². The third-order valence-corrected chi connectivity index (χ3v) is 7.29. The highest BCUT2D eigenvalue weighted by Crippen LogP contribution is 2.30. The second kappa shape index (κ2) is 11.1. The second-order valence-corrected chi connectivity index (χ2v) is 10.6. The van der Waals surface area contributed by atoms with E-state index in [0.29, 0.717) is 22.3 Å². The summed E-state index contributed by atoms with van der Waals surface area (Å²) in [5.41, 5.74) is -0.130. The van der Waals surface area contributed by atoms with Gasteiger partial charge in [0, 0.05) is 18.8 Å². The number of anilines is 2. The molecule has 2 aromatic rings. The monoisotopic (exact) mass is 575 g/mol. The van der Waals surface area contributed by atoms with Crippen LogP contribution in [0.4, 0.5) is 24.9 Å². The highest BCUT2D eigenvalue weighted by atomic mass is 79.9. The van der Waals surface area contributed by atoms with Crippen LogP contribution in [0, 0.1) is 0 Å². The fourth-order valence-electron chi connectivity index (χ4n) is 3.29. The van der Waals surface area contributed by atoms with E-state index in [1.54, 1.807) is 19.9 Å². The SMILES string of the molecule is CC1=CCC(Nc2ncc(Br)c(N[C@H](C)CO)n2)C=C1S(=O)(=O)NCc1cccc(C(F)(F)F)c1. The smallest absolute Gasteiger partial charge is 0.394 e. The number of halogens is 4. The predicted molar refractivity (Wildman–Crippen MR) is 131 cm³/mol. The number of benzene rings is 1. The zero-order chi connectivity index (χ0) is 25.8. The first kappa shape index (κ1) is 27.1. The van der Waals surface area contributed by atoms with E-state index in [-0.39, 0.29) is 35.6 Å². The van der Waals surface area contributed by atoms with Gasteiger partial charge >= 0.3 is 6.18 Å². The highest BCUT2D eigenvalue weighted by Gasteiger charge is 2.30. The van der Waals surface area contributed by atoms with Gasteiger partial charge in [-0.15, -0.1) is 0 Å². The molecule has 0 amide bonds. The number of alkyl halides is 3. The molecule has 0 radical (unpaired) electrons. The average molecular weight is 576 g/mol. The molecule has 1 aromatic carbocycles. The number of allylic oxidation sites excluding steroid dienone is 1. The molecule has 4 N–H and O–H groups in total. The third-order valence-electron chi connectivity index (χ3n) is 5.14. The molecule has 13 heteroatoms. The van der Waals surface area contributed by atoms with E-state index in [2.05, 4.69) is 41.3 Å². The van der Waals surface area contributed by atoms with E-state index < -0.39 is 27.8 Å². The summed E-state index contributed by atoms with van der Waals surface area (Å²) in [4.78, 5) is 8.59. The Morgan fingerprint density at radius 3 is 2.74 bits per heavy atom. The van der Waals surface area contributed by atoms with Gasteiger partial charge in [-0.2, -0.15) is 18.2 Å². The Morgan fingerprint density at radius 1 is 1.31 bits per heavy atom. The van der Waals surface area contributed by atoms with Gasteiger partial charge in [0.2, 0.25) is 16.0 Å². The van der Waals surface area contributed by atoms with Crippen molar-refractivity contribution >= 4 is 37.7 Å². The van der Waals surface area contributed by atoms with Crippen LogP contribution in [0.3, 0.4) is 0 Å². The van der Waals surface area contributed by atoms with Crippen molar-refractivity contribution in [3.8, 4) is 0 Å². The van der Waals surface area contributed by atoms with Gasteiger partial charge in [0.1, 0.15) is 5.82 Å². The first-order valence-electron chi connectivity index (χ1n) is 10.6. The Morgan fingerprint density at radius 2 is 2.06 bits per heavy atom. The number of nitrogens with one attached hydrogen (secondary N) is 3. The number of sulfonamides is 1. The third kappa shape index (κ3) is 7.26. The molecular weight excluding hydrogens is 551 g/mol. The molecule has 0 fully saturated rings. The Hall–Kier alpha value is -2.48. The summed E-state index contributed by atoms with van der Waals surface area (Å²) in [6.45, 7) is 3.05. The maximum Gasteiger partial charge on any atom is 0.416 e. The topological polar surface area (TPSA) is 116 Å². The molecule has 0 saturated heterocycles. The second-order valence-electron chi connectivity index (χ2n) is 8.05. The summed E-state index contributed by atoms with van der Waals surface area (Å²) < 4.78 is 67.7. The lowest BCUT2D eigenvalue weighted by molar-refractivity contribution is -0.137. The average Bonchev–Trinajstić information content (AvgIpc) is 2.80. The molecule has 0 spiro atoms. The maximum absolute atomic E-state index is 13.0. The Kier molecular flexibility index (Phi) is 8.57. The van der Waals surface area contributed by atoms with Crippen LogP contribution in [0.15, 0.2) is 57.6 Å². The summed E-state index contributed by atoms with van der Waals surface area (Å²) in [5, 5.41) is 15.4. The van der Waals surface area contributed by atoms with Crippen molar-refractivity contribution in [1.29, 1.82) is 0 Å². The maximum atomic E-state index is 13.0. The molecule has 0 bridgehead atoms. The fourth-order valence-corrected chi connectivity index (χ4v) is 4.95. The number of hydrogen-bond acceptors (Lipinski definition) is 7. The molecule has 8 nitrogen and oxygen atoms in total. The van der Waals surface area contributed by atoms with E-state index in [1.165, 1.54) is 24.4 Å². The molecule has 1 unspecified atom stereocenters. The van der Waals surface area contributed by atoms with Crippen molar-refractivity contribution in [3.63, 3.8) is 0 Å². The molecule has 0 aliphatic heterocycles. The summed E-state index contributed by atoms with van der Waals surface area (Å²) in [7, 11) is -4.01. The minimum absolute atomic E-state index is 0.0255. The number of rotatable bonds is 9. The lowest BCUT2D eigenvalue weighted by Gasteiger charge is -2.22. The van der Waals surface area contributed by atoms with Crippen LogP contribution in [-0.2, 0) is 22.7 Å². The normalized spacial score (nSPS) is 17.4. The molecule has 0 saturated carbocycles. The minimum atomic E-state index is -4.51. The Balaban J connectivity index is 1.74. The van der Waals surface area contributed by atoms with E-state index in [1.807, 2.05) is 0 Å². The molecule has 2 atom stereocenters. The van der Waals surface area contributed by atoms with Gasteiger partial charge in [0.05, 0.1) is 27.6 Å². The lowest BCUT2D eigenvalue weighted by atomic mass is 10.0. The van der Waals surface area contributed by atoms with Crippen molar-refractivity contribution in [1.82, 2.24) is 14.7 Å². The molecule has 1 aromatic heterocycles. The van der Waals surface area contributed by atoms with Crippen molar-refractivity contribution in [2.75, 3.05) is 17.2 Å². The first-order chi connectivity index (χ1) is 16.4. The van der Waals surface area contributed by atoms with Crippen LogP contribution in [-0.4, -0.2) is 42.2 Å². The molecule has 190 valence electrons. The summed E-state index contributed by atoms with van der Waals surface area (Å²) in [6.07, 6.45) is 0.776. The van der Waals surface area contributed by atoms with Crippen LogP contribution in [0.25, 0.3) is 0 Å². The zero-order valence-corrected chi connectivity index (χ0v) is 21.3. The molecule has 1 heterocycles. The Bertz CT molecular complexity index is 1240. The van der Waals surface area contributed by atoms with E-state index in [9.17, 15) is 26.7 Å². The number of aromatic nitrogens is 2. The fraction of sp³-hybridized carbons (Fsp3) is 0.364. The van der Waals surface area contributed by atoms with Crippen LogP contribution < -0.4 is 15.4 Å². The number of aliphatic hydroxyl groups is 1. The standard InChI is InChI=1S/C22H25BrF3N5O3S/c1-13-6-7-17(30-21-27-11-18(23)20(31-21)29-14(2)12-32)9-19(13)35(33,34)28-10-15-4-3-5-16(8-15)22(24,25)26/h3-6,8-9,11,14,17,28,32H,7,10,12H2,1-2H3,(H2,27,29,30,31)/t14-,17?/m1/s1. The molecule has 3 rings (SSSR count). The van der Waals surface area contributed by atoms with Crippen molar-refractivity contribution in [2.45, 2.75) is 45.1 Å². The van der Waals surface area contributed by atoms with Gasteiger partial charge in [-0.1, -0.05) is 24.3 Å². The summed E-state index contributed by atoms with van der Waals surface area (Å²) in [5.74, 6) is 0.717. The van der Waals surface area contributed by atoms with Gasteiger partial charge in [-0.3, -0.25) is 0 Å². The Labute approximate surface area is 209 Å². The van der Waals surface area contributed by atoms with Crippen molar-refractivity contribution < 1.29 is 26.7 Å². The van der Waals surface area contributed by atoms with Gasteiger partial charge in [-0.05, 0) is 59.5 Å². The summed E-state index contributed by atoms with van der Waals surface area (Å²) >= 11 is 3.34. The van der Waals surface area contributed by atoms with Gasteiger partial charge in [0.15, 0.2) is 0 Å². The van der Waals surface area contributed by atoms with Gasteiger partial charge < -0.3 is 15.7 Å². The molecule has 35 heavy (non-hydrogen) atoms. The van der Waals surface area contributed by atoms with Crippen LogP contribution >= 0.6 is 15.9 Å². The van der Waals surface area contributed by atoms with E-state index in [4.69, 9.17) is 0 Å². The molecule has 1 aliphatic rings. The van der Waals surface area contributed by atoms with Gasteiger partial charge in [-0.25, -0.2) is 18.1 Å². The van der Waals surface area contributed by atoms with Crippen LogP contribution in [0.1, 0.15) is 31.4 Å². The number of hydrogen-bond donors (Lipinski definition) is 4. The van der Waals surface area contributed by atoms with Gasteiger partial charge in [0.25, 0.3) is 0 Å². The highest BCUT2D eigenvalue weighted by molar-refractivity contribution is 9.10. The van der Waals surface area contributed by atoms with E-state index in [0.717, 1.165) is 12.1 Å². The molecule has 1 aliphatic carbocycles. The van der Waals surface area contributed by atoms with Crippen LogP contribution in [0.2, 0.25) is 0 Å². The lowest BCUT2D eigenvalue weighted by Crippen LogP contribution is -2.29. The largest absolute Gasteiger partial charge is 0.416 e. The molecular formula is C22H25BrF3N5O3S. The number of nitrogens with zero attached hydrogens (tertiary/aromatic N) is 2. The predicted octanol–water partition coefficient (Wildman–Crippen LogP) is 4.18. The first-order valence-corrected chi connectivity index (χ1v) is 12.9. The van der Waals surface area contributed by atoms with Crippen molar-refractivity contribution in [2.24, 2.45) is 0 Å². The summed E-state index contributed by atoms with van der Waals surface area (Å²) in [6, 6.07) is 3.82. The zero-order valence-electron chi connectivity index (χ0n) is 18.9. The van der Waals surface area contributed by atoms with Crippen molar-refractivity contribution in [3.05, 3.63) is 68.7 Å². The minimum Gasteiger partial charge on any atom is -0.394 e. The number of aliphatic hydroxyl groups excluding tert-OH is 1. The van der Waals surface area contributed by atoms with E-state index >= 15 is 0 Å². The quantitative estimate of drug-likeness (QED) is 0.354.